The van der Waals surface area contributed by atoms with Crippen LogP contribution in [0.1, 0.15) is 39.1 Å². The Balaban J connectivity index is 1.68. The van der Waals surface area contributed by atoms with Crippen LogP contribution in [0.3, 0.4) is 0 Å². The molecule has 0 fully saturated rings. The van der Waals surface area contributed by atoms with Crippen molar-refractivity contribution in [1.82, 2.24) is 16.0 Å². The highest BCUT2D eigenvalue weighted by Crippen LogP contribution is 2.09. The number of hydrogen-bond acceptors (Lipinski definition) is 3. The van der Waals surface area contributed by atoms with Gasteiger partial charge in [-0.1, -0.05) is 23.7 Å². The summed E-state index contributed by atoms with van der Waals surface area (Å²) < 4.78 is 0. The van der Waals surface area contributed by atoms with Crippen LogP contribution in [0.15, 0.2) is 48.5 Å². The highest BCUT2D eigenvalue weighted by Gasteiger charge is 2.07. The molecule has 0 radical (unpaired) electrons. The first-order chi connectivity index (χ1) is 13.0. The number of carbonyl (C=O) groups excluding carboxylic acids is 3. The van der Waals surface area contributed by atoms with Crippen molar-refractivity contribution < 1.29 is 14.4 Å². The van der Waals surface area contributed by atoms with Gasteiger partial charge in [0.15, 0.2) is 0 Å². The Labute approximate surface area is 163 Å². The van der Waals surface area contributed by atoms with Crippen molar-refractivity contribution in [2.75, 3.05) is 13.6 Å². The molecule has 0 heterocycles. The molecule has 0 unspecified atom stereocenters. The zero-order valence-corrected chi connectivity index (χ0v) is 15.8. The Bertz CT molecular complexity index is 806. The summed E-state index contributed by atoms with van der Waals surface area (Å²) >= 11 is 5.79. The molecule has 2 rings (SSSR count). The molecule has 0 saturated carbocycles. The lowest BCUT2D eigenvalue weighted by Crippen LogP contribution is -2.27. The summed E-state index contributed by atoms with van der Waals surface area (Å²) in [4.78, 5) is 35.5. The molecule has 0 saturated heterocycles. The fraction of sp³-hybridized carbons (Fsp3) is 0.250. The second-order valence-electron chi connectivity index (χ2n) is 5.92. The zero-order chi connectivity index (χ0) is 19.6. The predicted octanol–water partition coefficient (Wildman–Crippen LogP) is 2.53. The molecule has 0 aliphatic heterocycles. The van der Waals surface area contributed by atoms with Gasteiger partial charge in [-0.3, -0.25) is 14.4 Å². The third kappa shape index (κ3) is 6.75. The van der Waals surface area contributed by atoms with Gasteiger partial charge in [0.25, 0.3) is 11.8 Å². The van der Waals surface area contributed by atoms with Crippen LogP contribution in [-0.4, -0.2) is 31.3 Å². The van der Waals surface area contributed by atoms with E-state index in [9.17, 15) is 14.4 Å². The molecule has 3 amide bonds. The summed E-state index contributed by atoms with van der Waals surface area (Å²) in [5, 5.41) is 8.72. The number of nitrogens with one attached hydrogen (secondary N) is 3. The Morgan fingerprint density at radius 3 is 2.37 bits per heavy atom. The van der Waals surface area contributed by atoms with Crippen LogP contribution in [0.4, 0.5) is 0 Å². The fourth-order valence-electron chi connectivity index (χ4n) is 2.41. The molecular weight excluding hydrogens is 366 g/mol. The van der Waals surface area contributed by atoms with Crippen molar-refractivity contribution in [1.29, 1.82) is 0 Å². The SMILES string of the molecule is CNC(=O)c1cccc(CNC(=O)CCCNC(=O)c2ccc(Cl)cc2)c1. The number of halogens is 1. The minimum Gasteiger partial charge on any atom is -0.355 e. The summed E-state index contributed by atoms with van der Waals surface area (Å²) in [7, 11) is 1.57. The lowest BCUT2D eigenvalue weighted by atomic mass is 10.1. The van der Waals surface area contributed by atoms with E-state index >= 15 is 0 Å². The van der Waals surface area contributed by atoms with Gasteiger partial charge in [0.05, 0.1) is 0 Å². The minimum atomic E-state index is -0.196. The molecule has 0 bridgehead atoms. The topological polar surface area (TPSA) is 87.3 Å². The molecule has 142 valence electrons. The first-order valence-corrected chi connectivity index (χ1v) is 8.99. The van der Waals surface area contributed by atoms with Crippen LogP contribution < -0.4 is 16.0 Å². The number of amides is 3. The third-order valence-corrected chi connectivity index (χ3v) is 4.13. The van der Waals surface area contributed by atoms with Crippen LogP contribution in [0, 0.1) is 0 Å². The van der Waals surface area contributed by atoms with Crippen LogP contribution in [0.2, 0.25) is 5.02 Å². The highest BCUT2D eigenvalue weighted by molar-refractivity contribution is 6.30. The van der Waals surface area contributed by atoms with Gasteiger partial charge in [0, 0.05) is 42.7 Å². The smallest absolute Gasteiger partial charge is 0.251 e. The first kappa shape index (κ1) is 20.5. The molecule has 0 aromatic heterocycles. The van der Waals surface area contributed by atoms with E-state index in [0.29, 0.717) is 42.1 Å². The number of rotatable bonds is 8. The highest BCUT2D eigenvalue weighted by atomic mass is 35.5. The van der Waals surface area contributed by atoms with Gasteiger partial charge in [0.2, 0.25) is 5.91 Å². The van der Waals surface area contributed by atoms with Crippen LogP contribution in [0.25, 0.3) is 0 Å². The fourth-order valence-corrected chi connectivity index (χ4v) is 2.54. The van der Waals surface area contributed by atoms with Gasteiger partial charge in [-0.25, -0.2) is 0 Å². The summed E-state index contributed by atoms with van der Waals surface area (Å²) in [6.07, 6.45) is 0.833. The lowest BCUT2D eigenvalue weighted by Gasteiger charge is -2.08. The second kappa shape index (κ2) is 10.3. The lowest BCUT2D eigenvalue weighted by molar-refractivity contribution is -0.121. The van der Waals surface area contributed by atoms with Gasteiger partial charge < -0.3 is 16.0 Å². The molecular formula is C20H22ClN3O3. The van der Waals surface area contributed by atoms with Crippen molar-refractivity contribution in [3.05, 3.63) is 70.2 Å². The van der Waals surface area contributed by atoms with Crippen molar-refractivity contribution in [2.24, 2.45) is 0 Å². The van der Waals surface area contributed by atoms with Gasteiger partial charge in [-0.2, -0.15) is 0 Å². The standard InChI is InChI=1S/C20H22ClN3O3/c1-22-19(26)16-5-2-4-14(12-16)13-24-18(25)6-3-11-23-20(27)15-7-9-17(21)10-8-15/h2,4-5,7-10,12H,3,6,11,13H2,1H3,(H,22,26)(H,23,27)(H,24,25). The Hall–Kier alpha value is -2.86. The molecule has 0 aliphatic carbocycles. The van der Waals surface area contributed by atoms with E-state index in [2.05, 4.69) is 16.0 Å². The summed E-state index contributed by atoms with van der Waals surface area (Å²) in [5.41, 5.74) is 1.93. The van der Waals surface area contributed by atoms with Crippen molar-refractivity contribution in [3.8, 4) is 0 Å². The minimum absolute atomic E-state index is 0.110. The molecule has 0 spiro atoms. The maximum Gasteiger partial charge on any atom is 0.251 e. The second-order valence-corrected chi connectivity index (χ2v) is 6.36. The third-order valence-electron chi connectivity index (χ3n) is 3.88. The molecule has 2 aromatic carbocycles. The van der Waals surface area contributed by atoms with E-state index in [1.165, 1.54) is 0 Å². The Morgan fingerprint density at radius 1 is 0.926 bits per heavy atom. The average Bonchev–Trinajstić information content (AvgIpc) is 2.69. The van der Waals surface area contributed by atoms with Gasteiger partial charge >= 0.3 is 0 Å². The molecule has 0 aliphatic rings. The quantitative estimate of drug-likeness (QED) is 0.608. The number of carbonyl (C=O) groups is 3. The van der Waals surface area contributed by atoms with Crippen LogP contribution >= 0.6 is 11.6 Å². The largest absolute Gasteiger partial charge is 0.355 e. The van der Waals surface area contributed by atoms with E-state index in [4.69, 9.17) is 11.6 Å². The molecule has 0 atom stereocenters. The maximum absolute atomic E-state index is 11.9. The van der Waals surface area contributed by atoms with Gasteiger partial charge in [-0.05, 0) is 48.4 Å². The molecule has 7 heteroatoms. The average molecular weight is 388 g/mol. The summed E-state index contributed by atoms with van der Waals surface area (Å²) in [6, 6.07) is 13.7. The summed E-state index contributed by atoms with van der Waals surface area (Å²) in [5.74, 6) is -0.473. The molecule has 27 heavy (non-hydrogen) atoms. The van der Waals surface area contributed by atoms with Crippen molar-refractivity contribution >= 4 is 29.3 Å². The normalized spacial score (nSPS) is 10.1. The molecule has 2 aromatic rings. The van der Waals surface area contributed by atoms with Crippen molar-refractivity contribution in [2.45, 2.75) is 19.4 Å². The van der Waals surface area contributed by atoms with E-state index < -0.39 is 0 Å². The summed E-state index contributed by atoms with van der Waals surface area (Å²) in [6.45, 7) is 0.752. The van der Waals surface area contributed by atoms with Gasteiger partial charge in [0.1, 0.15) is 0 Å². The van der Waals surface area contributed by atoms with E-state index in [1.807, 2.05) is 6.07 Å². The zero-order valence-electron chi connectivity index (χ0n) is 15.0. The monoisotopic (exact) mass is 387 g/mol. The van der Waals surface area contributed by atoms with E-state index in [1.54, 1.807) is 49.5 Å². The first-order valence-electron chi connectivity index (χ1n) is 8.61. The van der Waals surface area contributed by atoms with Crippen LogP contribution in [0.5, 0.6) is 0 Å². The Morgan fingerprint density at radius 2 is 1.67 bits per heavy atom. The van der Waals surface area contributed by atoms with Crippen molar-refractivity contribution in [3.63, 3.8) is 0 Å². The number of benzene rings is 2. The maximum atomic E-state index is 11.9. The molecule has 3 N–H and O–H groups in total. The van der Waals surface area contributed by atoms with Gasteiger partial charge in [-0.15, -0.1) is 0 Å². The predicted molar refractivity (Wildman–Crippen MR) is 105 cm³/mol. The number of hydrogen-bond donors (Lipinski definition) is 3. The van der Waals surface area contributed by atoms with Crippen LogP contribution in [-0.2, 0) is 11.3 Å². The van der Waals surface area contributed by atoms with E-state index in [0.717, 1.165) is 5.56 Å². The van der Waals surface area contributed by atoms with E-state index in [-0.39, 0.29) is 17.7 Å². The molecule has 6 nitrogen and oxygen atoms in total. The Kier molecular flexibility index (Phi) is 7.82.